The highest BCUT2D eigenvalue weighted by Gasteiger charge is 2.15. The number of carbonyl (C=O) groups excluding carboxylic acids is 3. The van der Waals surface area contributed by atoms with E-state index in [4.69, 9.17) is 0 Å². The van der Waals surface area contributed by atoms with Gasteiger partial charge in [0.05, 0.1) is 11.4 Å². The van der Waals surface area contributed by atoms with Gasteiger partial charge in [-0.1, -0.05) is 78.4 Å². The average molecular weight is 605 g/mol. The lowest BCUT2D eigenvalue weighted by Gasteiger charge is -2.12. The molecule has 0 atom stereocenters. The summed E-state index contributed by atoms with van der Waals surface area (Å²) in [4.78, 5) is 44.0. The lowest BCUT2D eigenvalue weighted by Crippen LogP contribution is -2.30. The molecule has 5 aromatic rings. The summed E-state index contributed by atoms with van der Waals surface area (Å²) in [5.41, 5.74) is 4.76. The molecule has 0 aliphatic carbocycles. The third kappa shape index (κ3) is 8.51. The van der Waals surface area contributed by atoms with Crippen molar-refractivity contribution >= 4 is 57.7 Å². The summed E-state index contributed by atoms with van der Waals surface area (Å²) in [5.74, 6) is -0.782. The predicted octanol–water partition coefficient (Wildman–Crippen LogP) is 7.26. The molecular formula is C34H28N4O3S2. The molecule has 0 spiro atoms. The highest BCUT2D eigenvalue weighted by molar-refractivity contribution is 8.00. The van der Waals surface area contributed by atoms with E-state index in [-0.39, 0.29) is 23.3 Å². The second kappa shape index (κ2) is 14.3. The number of nitrogens with zero attached hydrogens (tertiary/aromatic N) is 1. The Balaban J connectivity index is 1.19. The molecule has 0 aliphatic rings. The summed E-state index contributed by atoms with van der Waals surface area (Å²) in [6.45, 7) is 1.96. The molecule has 0 bridgehead atoms. The molecule has 0 radical (unpaired) electrons. The largest absolute Gasteiger partial charge is 0.321 e. The number of aryl methyl sites for hydroxylation is 1. The third-order valence-electron chi connectivity index (χ3n) is 6.18. The molecule has 214 valence electrons. The Hall–Kier alpha value is -4.99. The molecule has 0 fully saturated rings. The maximum atomic E-state index is 13.3. The number of carbonyl (C=O) groups is 3. The first kappa shape index (κ1) is 29.5. The van der Waals surface area contributed by atoms with Gasteiger partial charge >= 0.3 is 0 Å². The second-order valence-electron chi connectivity index (χ2n) is 9.51. The van der Waals surface area contributed by atoms with Gasteiger partial charge in [0.25, 0.3) is 11.8 Å². The van der Waals surface area contributed by atoms with Crippen LogP contribution in [0, 0.1) is 6.92 Å². The molecule has 0 unspecified atom stereocenters. The second-order valence-corrected chi connectivity index (χ2v) is 11.4. The van der Waals surface area contributed by atoms with E-state index in [1.54, 1.807) is 42.5 Å². The van der Waals surface area contributed by atoms with Crippen LogP contribution < -0.4 is 16.0 Å². The van der Waals surface area contributed by atoms with E-state index < -0.39 is 5.91 Å². The minimum atomic E-state index is -0.455. The van der Waals surface area contributed by atoms with Crippen molar-refractivity contribution in [3.8, 4) is 11.3 Å². The van der Waals surface area contributed by atoms with E-state index in [0.717, 1.165) is 27.3 Å². The lowest BCUT2D eigenvalue weighted by molar-refractivity contribution is -0.114. The molecule has 7 nitrogen and oxygen atoms in total. The standard InChI is InChI=1S/C34H28N4O3S2/c1-23-9-8-10-24(19-23)20-29(36-32(40)26-13-6-3-7-14-26)33(41)35-27-15-17-28(18-16-27)42-22-31(39)38-34-37-30(21-43-34)25-11-4-2-5-12-25/h2-21H,22H2,1H3,(H,35,41)(H,36,40)(H,37,38,39)/b29-20-. The molecule has 43 heavy (non-hydrogen) atoms. The first-order chi connectivity index (χ1) is 20.9. The summed E-state index contributed by atoms with van der Waals surface area (Å²) in [6, 6.07) is 33.4. The van der Waals surface area contributed by atoms with E-state index in [0.29, 0.717) is 16.4 Å². The summed E-state index contributed by atoms with van der Waals surface area (Å²) in [5, 5.41) is 10.9. The van der Waals surface area contributed by atoms with Crippen molar-refractivity contribution in [3.63, 3.8) is 0 Å². The fraction of sp³-hybridized carbons (Fsp3) is 0.0588. The van der Waals surface area contributed by atoms with Crippen molar-refractivity contribution in [3.05, 3.63) is 137 Å². The Kier molecular flexibility index (Phi) is 9.78. The van der Waals surface area contributed by atoms with Crippen LogP contribution in [0.1, 0.15) is 21.5 Å². The van der Waals surface area contributed by atoms with Gasteiger partial charge in [-0.3, -0.25) is 14.4 Å². The van der Waals surface area contributed by atoms with Crippen LogP contribution in [0.3, 0.4) is 0 Å². The fourth-order valence-corrected chi connectivity index (χ4v) is 5.51. The van der Waals surface area contributed by atoms with Gasteiger partial charge in [-0.05, 0) is 55.0 Å². The summed E-state index contributed by atoms with van der Waals surface area (Å²) >= 11 is 2.76. The van der Waals surface area contributed by atoms with Crippen LogP contribution in [0.5, 0.6) is 0 Å². The number of hydrogen-bond donors (Lipinski definition) is 3. The van der Waals surface area contributed by atoms with Gasteiger partial charge in [0.15, 0.2) is 5.13 Å². The molecule has 0 aliphatic heterocycles. The van der Waals surface area contributed by atoms with Crippen LogP contribution in [-0.4, -0.2) is 28.5 Å². The Labute approximate surface area is 258 Å². The fourth-order valence-electron chi connectivity index (χ4n) is 4.08. The number of benzene rings is 4. The zero-order valence-corrected chi connectivity index (χ0v) is 24.9. The molecule has 3 amide bonds. The van der Waals surface area contributed by atoms with Gasteiger partial charge in [-0.25, -0.2) is 4.98 Å². The van der Waals surface area contributed by atoms with Crippen LogP contribution in [0.25, 0.3) is 17.3 Å². The van der Waals surface area contributed by atoms with Crippen molar-refractivity contribution < 1.29 is 14.4 Å². The van der Waals surface area contributed by atoms with E-state index >= 15 is 0 Å². The van der Waals surface area contributed by atoms with Crippen molar-refractivity contribution in [1.29, 1.82) is 0 Å². The first-order valence-electron chi connectivity index (χ1n) is 13.4. The van der Waals surface area contributed by atoms with Crippen LogP contribution >= 0.6 is 23.1 Å². The van der Waals surface area contributed by atoms with E-state index in [2.05, 4.69) is 20.9 Å². The molecule has 0 saturated heterocycles. The number of anilines is 2. The quantitative estimate of drug-likeness (QED) is 0.115. The zero-order chi connectivity index (χ0) is 30.0. The Morgan fingerprint density at radius 1 is 0.837 bits per heavy atom. The number of hydrogen-bond acceptors (Lipinski definition) is 6. The number of aromatic nitrogens is 1. The first-order valence-corrected chi connectivity index (χ1v) is 15.3. The maximum absolute atomic E-state index is 13.3. The summed E-state index contributed by atoms with van der Waals surface area (Å²) < 4.78 is 0. The molecule has 5 rings (SSSR count). The summed E-state index contributed by atoms with van der Waals surface area (Å²) in [7, 11) is 0. The topological polar surface area (TPSA) is 100 Å². The van der Waals surface area contributed by atoms with Crippen molar-refractivity contribution in [2.75, 3.05) is 16.4 Å². The van der Waals surface area contributed by atoms with Crippen molar-refractivity contribution in [2.45, 2.75) is 11.8 Å². The van der Waals surface area contributed by atoms with Crippen LogP contribution in [-0.2, 0) is 9.59 Å². The molecular weight excluding hydrogens is 577 g/mol. The van der Waals surface area contributed by atoms with E-state index in [9.17, 15) is 14.4 Å². The summed E-state index contributed by atoms with van der Waals surface area (Å²) in [6.07, 6.45) is 1.65. The van der Waals surface area contributed by atoms with Gasteiger partial charge in [-0.2, -0.15) is 0 Å². The highest BCUT2D eigenvalue weighted by Crippen LogP contribution is 2.26. The number of thiazole rings is 1. The van der Waals surface area contributed by atoms with Gasteiger partial charge in [0.1, 0.15) is 5.70 Å². The van der Waals surface area contributed by atoms with Gasteiger partial charge in [0, 0.05) is 27.1 Å². The SMILES string of the molecule is Cc1cccc(/C=C(\NC(=O)c2ccccc2)C(=O)Nc2ccc(SCC(=O)Nc3nc(-c4ccccc4)cs3)cc2)c1. The molecule has 1 aromatic heterocycles. The lowest BCUT2D eigenvalue weighted by atomic mass is 10.1. The molecule has 3 N–H and O–H groups in total. The van der Waals surface area contributed by atoms with E-state index in [1.165, 1.54) is 23.1 Å². The molecule has 9 heteroatoms. The van der Waals surface area contributed by atoms with Crippen molar-refractivity contribution in [1.82, 2.24) is 10.3 Å². The van der Waals surface area contributed by atoms with Crippen molar-refractivity contribution in [2.24, 2.45) is 0 Å². The zero-order valence-electron chi connectivity index (χ0n) is 23.2. The number of nitrogens with one attached hydrogen (secondary N) is 3. The smallest absolute Gasteiger partial charge is 0.272 e. The molecule has 4 aromatic carbocycles. The predicted molar refractivity (Wildman–Crippen MR) is 175 cm³/mol. The normalized spacial score (nSPS) is 11.0. The number of amides is 3. The van der Waals surface area contributed by atoms with E-state index in [1.807, 2.05) is 85.1 Å². The van der Waals surface area contributed by atoms with Crippen LogP contribution in [0.4, 0.5) is 10.8 Å². The molecule has 1 heterocycles. The Morgan fingerprint density at radius 2 is 1.56 bits per heavy atom. The minimum Gasteiger partial charge on any atom is -0.321 e. The van der Waals surface area contributed by atoms with Gasteiger partial charge in [0.2, 0.25) is 5.91 Å². The Morgan fingerprint density at radius 3 is 2.28 bits per heavy atom. The Bertz CT molecular complexity index is 1750. The maximum Gasteiger partial charge on any atom is 0.272 e. The third-order valence-corrected chi connectivity index (χ3v) is 7.95. The number of rotatable bonds is 10. The number of thioether (sulfide) groups is 1. The monoisotopic (exact) mass is 604 g/mol. The van der Waals surface area contributed by atoms with Crippen LogP contribution in [0.15, 0.2) is 125 Å². The van der Waals surface area contributed by atoms with Crippen LogP contribution in [0.2, 0.25) is 0 Å². The van der Waals surface area contributed by atoms with Gasteiger partial charge < -0.3 is 16.0 Å². The average Bonchev–Trinajstić information content (AvgIpc) is 3.49. The minimum absolute atomic E-state index is 0.118. The molecule has 0 saturated carbocycles. The highest BCUT2D eigenvalue weighted by atomic mass is 32.2. The van der Waals surface area contributed by atoms with Gasteiger partial charge in [-0.15, -0.1) is 23.1 Å².